The molecule has 2 aromatic rings. The zero-order valence-electron chi connectivity index (χ0n) is 11.6. The standard InChI is InChI=1S/C15H11F3N2O2S/c16-10-3-1-9(2-4-10)15(22)20-19-14(21)8-23-11-5-6-12(17)13(18)7-11/h1-7H,8H2,(H,19,21)(H,20,22). The summed E-state index contributed by atoms with van der Waals surface area (Å²) in [7, 11) is 0. The van der Waals surface area contributed by atoms with Crippen LogP contribution in [0.1, 0.15) is 10.4 Å². The summed E-state index contributed by atoms with van der Waals surface area (Å²) in [6.45, 7) is 0. The predicted molar refractivity (Wildman–Crippen MR) is 79.1 cm³/mol. The molecule has 2 N–H and O–H groups in total. The highest BCUT2D eigenvalue weighted by molar-refractivity contribution is 8.00. The van der Waals surface area contributed by atoms with Gasteiger partial charge in [-0.3, -0.25) is 20.4 Å². The van der Waals surface area contributed by atoms with E-state index in [-0.39, 0.29) is 11.3 Å². The first-order valence-electron chi connectivity index (χ1n) is 6.38. The zero-order valence-corrected chi connectivity index (χ0v) is 12.4. The number of nitrogens with one attached hydrogen (secondary N) is 2. The maximum atomic E-state index is 13.0. The molecule has 2 rings (SSSR count). The molecule has 0 saturated heterocycles. The lowest BCUT2D eigenvalue weighted by Crippen LogP contribution is -2.42. The Morgan fingerprint density at radius 2 is 1.61 bits per heavy atom. The maximum Gasteiger partial charge on any atom is 0.269 e. The van der Waals surface area contributed by atoms with Crippen LogP contribution in [-0.4, -0.2) is 17.6 Å². The van der Waals surface area contributed by atoms with Crippen molar-refractivity contribution in [1.82, 2.24) is 10.9 Å². The normalized spacial score (nSPS) is 10.2. The zero-order chi connectivity index (χ0) is 16.8. The van der Waals surface area contributed by atoms with Crippen LogP contribution in [0.15, 0.2) is 47.4 Å². The van der Waals surface area contributed by atoms with E-state index in [1.54, 1.807) is 0 Å². The van der Waals surface area contributed by atoms with E-state index in [4.69, 9.17) is 0 Å². The van der Waals surface area contributed by atoms with Gasteiger partial charge in [0.25, 0.3) is 5.91 Å². The van der Waals surface area contributed by atoms with Crippen LogP contribution in [0.4, 0.5) is 13.2 Å². The Morgan fingerprint density at radius 3 is 2.26 bits per heavy atom. The van der Waals surface area contributed by atoms with Crippen molar-refractivity contribution in [3.8, 4) is 0 Å². The lowest BCUT2D eigenvalue weighted by atomic mass is 10.2. The number of thioether (sulfide) groups is 1. The molecule has 0 saturated carbocycles. The topological polar surface area (TPSA) is 58.2 Å². The average molecular weight is 340 g/mol. The first-order chi connectivity index (χ1) is 11.0. The van der Waals surface area contributed by atoms with Crippen molar-refractivity contribution in [2.75, 3.05) is 5.75 Å². The molecule has 2 amide bonds. The predicted octanol–water partition coefficient (Wildman–Crippen LogP) is 2.66. The smallest absolute Gasteiger partial charge is 0.269 e. The van der Waals surface area contributed by atoms with Gasteiger partial charge in [-0.15, -0.1) is 11.8 Å². The molecule has 0 aliphatic heterocycles. The fourth-order valence-corrected chi connectivity index (χ4v) is 2.27. The molecule has 8 heteroatoms. The lowest BCUT2D eigenvalue weighted by Gasteiger charge is -2.07. The molecular formula is C15H11F3N2O2S. The van der Waals surface area contributed by atoms with Crippen molar-refractivity contribution in [2.24, 2.45) is 0 Å². The number of amides is 2. The Hall–Kier alpha value is -2.48. The third kappa shape index (κ3) is 5.03. The van der Waals surface area contributed by atoms with Gasteiger partial charge in [-0.2, -0.15) is 0 Å². The third-order valence-corrected chi connectivity index (χ3v) is 3.68. The van der Waals surface area contributed by atoms with Crippen LogP contribution in [0.2, 0.25) is 0 Å². The van der Waals surface area contributed by atoms with Crippen LogP contribution in [0.5, 0.6) is 0 Å². The summed E-state index contributed by atoms with van der Waals surface area (Å²) in [5.74, 6) is -3.68. The molecule has 0 radical (unpaired) electrons. The van der Waals surface area contributed by atoms with Crippen LogP contribution in [0, 0.1) is 17.5 Å². The molecule has 0 spiro atoms. The highest BCUT2D eigenvalue weighted by atomic mass is 32.2. The molecule has 0 unspecified atom stereocenters. The number of halogens is 3. The molecule has 4 nitrogen and oxygen atoms in total. The second-order valence-electron chi connectivity index (χ2n) is 4.37. The van der Waals surface area contributed by atoms with Gasteiger partial charge in [0.2, 0.25) is 5.91 Å². The number of hydrogen-bond donors (Lipinski definition) is 2. The van der Waals surface area contributed by atoms with Crippen LogP contribution in [0.25, 0.3) is 0 Å². The molecular weight excluding hydrogens is 329 g/mol. The van der Waals surface area contributed by atoms with Crippen molar-refractivity contribution < 1.29 is 22.8 Å². The Labute approximate surface area is 134 Å². The lowest BCUT2D eigenvalue weighted by molar-refractivity contribution is -0.119. The largest absolute Gasteiger partial charge is 0.272 e. The molecule has 0 heterocycles. The van der Waals surface area contributed by atoms with Gasteiger partial charge >= 0.3 is 0 Å². The third-order valence-electron chi connectivity index (χ3n) is 2.68. The summed E-state index contributed by atoms with van der Waals surface area (Å²) in [6.07, 6.45) is 0. The van der Waals surface area contributed by atoms with Crippen LogP contribution >= 0.6 is 11.8 Å². The minimum absolute atomic E-state index is 0.102. The molecule has 0 bridgehead atoms. The highest BCUT2D eigenvalue weighted by Crippen LogP contribution is 2.19. The van der Waals surface area contributed by atoms with E-state index in [1.165, 1.54) is 18.2 Å². The van der Waals surface area contributed by atoms with E-state index >= 15 is 0 Å². The molecule has 0 aliphatic rings. The molecule has 120 valence electrons. The fourth-order valence-electron chi connectivity index (χ4n) is 1.55. The second kappa shape index (κ2) is 7.68. The highest BCUT2D eigenvalue weighted by Gasteiger charge is 2.09. The van der Waals surface area contributed by atoms with Crippen LogP contribution in [0.3, 0.4) is 0 Å². The molecule has 0 fully saturated rings. The number of hydrazine groups is 1. The van der Waals surface area contributed by atoms with E-state index in [2.05, 4.69) is 10.9 Å². The van der Waals surface area contributed by atoms with E-state index in [1.807, 2.05) is 0 Å². The first kappa shape index (κ1) is 16.9. The van der Waals surface area contributed by atoms with Crippen LogP contribution in [-0.2, 0) is 4.79 Å². The first-order valence-corrected chi connectivity index (χ1v) is 7.37. The van der Waals surface area contributed by atoms with Gasteiger partial charge in [-0.1, -0.05) is 0 Å². The number of benzene rings is 2. The van der Waals surface area contributed by atoms with Crippen molar-refractivity contribution in [3.05, 3.63) is 65.5 Å². The Bertz CT molecular complexity index is 723. The minimum Gasteiger partial charge on any atom is -0.272 e. The van der Waals surface area contributed by atoms with Crippen molar-refractivity contribution in [2.45, 2.75) is 4.90 Å². The number of carbonyl (C=O) groups excluding carboxylic acids is 2. The number of hydrogen-bond acceptors (Lipinski definition) is 3. The van der Waals surface area contributed by atoms with E-state index in [0.717, 1.165) is 36.0 Å². The number of rotatable bonds is 4. The van der Waals surface area contributed by atoms with Gasteiger partial charge < -0.3 is 0 Å². The summed E-state index contributed by atoms with van der Waals surface area (Å²) >= 11 is 0.981. The molecule has 0 aromatic heterocycles. The monoisotopic (exact) mass is 340 g/mol. The van der Waals surface area contributed by atoms with Gasteiger partial charge in [-0.05, 0) is 42.5 Å². The second-order valence-corrected chi connectivity index (χ2v) is 5.42. The average Bonchev–Trinajstić information content (AvgIpc) is 2.54. The van der Waals surface area contributed by atoms with Crippen molar-refractivity contribution in [1.29, 1.82) is 0 Å². The Kier molecular flexibility index (Phi) is 5.64. The number of carbonyl (C=O) groups is 2. The molecule has 2 aromatic carbocycles. The van der Waals surface area contributed by atoms with Crippen molar-refractivity contribution in [3.63, 3.8) is 0 Å². The fraction of sp³-hybridized carbons (Fsp3) is 0.0667. The van der Waals surface area contributed by atoms with Crippen LogP contribution < -0.4 is 10.9 Å². The molecule has 23 heavy (non-hydrogen) atoms. The summed E-state index contributed by atoms with van der Waals surface area (Å²) < 4.78 is 38.5. The minimum atomic E-state index is -1.000. The van der Waals surface area contributed by atoms with Gasteiger partial charge in [-0.25, -0.2) is 13.2 Å². The van der Waals surface area contributed by atoms with E-state index in [9.17, 15) is 22.8 Å². The maximum absolute atomic E-state index is 13.0. The molecule has 0 aliphatic carbocycles. The van der Waals surface area contributed by atoms with E-state index in [0.29, 0.717) is 4.90 Å². The van der Waals surface area contributed by atoms with Gasteiger partial charge in [0.15, 0.2) is 11.6 Å². The van der Waals surface area contributed by atoms with Gasteiger partial charge in [0, 0.05) is 10.5 Å². The summed E-state index contributed by atoms with van der Waals surface area (Å²) in [5, 5.41) is 0. The molecule has 0 atom stereocenters. The van der Waals surface area contributed by atoms with Gasteiger partial charge in [0.05, 0.1) is 5.75 Å². The summed E-state index contributed by atoms with van der Waals surface area (Å²) in [4.78, 5) is 23.6. The summed E-state index contributed by atoms with van der Waals surface area (Å²) in [5.41, 5.74) is 4.52. The van der Waals surface area contributed by atoms with Gasteiger partial charge in [0.1, 0.15) is 5.82 Å². The summed E-state index contributed by atoms with van der Waals surface area (Å²) in [6, 6.07) is 8.06. The SMILES string of the molecule is O=C(CSc1ccc(F)c(F)c1)NNC(=O)c1ccc(F)cc1. The van der Waals surface area contributed by atoms with Crippen molar-refractivity contribution >= 4 is 23.6 Å². The quantitative estimate of drug-likeness (QED) is 0.665. The van der Waals surface area contributed by atoms with E-state index < -0.39 is 29.3 Å². The Balaban J connectivity index is 1.79. The Morgan fingerprint density at radius 1 is 0.913 bits per heavy atom.